The molecule has 3 N–H and O–H groups in total. The fraction of sp³-hybridized carbons (Fsp3) is 0.417. The number of carboxylic acids is 1. The van der Waals surface area contributed by atoms with Crippen LogP contribution in [0.15, 0.2) is 30.5 Å². The summed E-state index contributed by atoms with van der Waals surface area (Å²) < 4.78 is 29.1. The van der Waals surface area contributed by atoms with Crippen molar-refractivity contribution in [1.29, 1.82) is 0 Å². The van der Waals surface area contributed by atoms with Crippen molar-refractivity contribution in [2.45, 2.75) is 52.1 Å². The van der Waals surface area contributed by atoms with E-state index in [0.29, 0.717) is 30.9 Å². The maximum atomic E-state index is 14.6. The van der Waals surface area contributed by atoms with Gasteiger partial charge in [0, 0.05) is 36.3 Å². The molecule has 1 aromatic carbocycles. The van der Waals surface area contributed by atoms with Gasteiger partial charge in [0.2, 0.25) is 5.95 Å². The van der Waals surface area contributed by atoms with Crippen LogP contribution in [0.5, 0.6) is 0 Å². The molecule has 186 valence electrons. The number of halogens is 3. The fourth-order valence-electron chi connectivity index (χ4n) is 4.67. The molecule has 0 bridgehead atoms. The van der Waals surface area contributed by atoms with Crippen molar-refractivity contribution in [2.75, 3.05) is 11.9 Å². The molecular weight excluding hydrogens is 478 g/mol. The standard InChI is InChI=1S/C24H27ClF2N6O2/c1-3-16-10-24(23(34)35,7-8-33(16)13-15-5-4-6-17(25)21(15)26)11-18-22(27)28-12-20(29-18)30-19-9-14(2)31-32-19/h4-6,9,12,16H,3,7-8,10-11,13H2,1-2H3,(H,34,35)(H2,29,30,31,32)/t16-,24-/m1/s1. The zero-order valence-corrected chi connectivity index (χ0v) is 20.2. The lowest BCUT2D eigenvalue weighted by molar-refractivity contribution is -0.154. The minimum atomic E-state index is -1.22. The SMILES string of the molecule is CC[C@@H]1C[C@](Cc2nc(Nc3cc(C)[nH]n3)cnc2F)(C(=O)O)CCN1Cc1cccc(Cl)c1F. The smallest absolute Gasteiger partial charge is 0.310 e. The number of nitrogens with zero attached hydrogens (tertiary/aromatic N) is 4. The van der Waals surface area contributed by atoms with E-state index < -0.39 is 23.1 Å². The van der Waals surface area contributed by atoms with Gasteiger partial charge in [-0.25, -0.2) is 14.4 Å². The van der Waals surface area contributed by atoms with Crippen LogP contribution in [0.4, 0.5) is 20.4 Å². The number of aliphatic carboxylic acids is 1. The first kappa shape index (κ1) is 25.0. The molecule has 0 unspecified atom stereocenters. The van der Waals surface area contributed by atoms with Gasteiger partial charge in [-0.2, -0.15) is 9.49 Å². The van der Waals surface area contributed by atoms with Crippen LogP contribution in [0, 0.1) is 24.1 Å². The van der Waals surface area contributed by atoms with E-state index in [2.05, 4.69) is 30.4 Å². The number of benzene rings is 1. The number of aromatic amines is 1. The maximum Gasteiger partial charge on any atom is 0.310 e. The lowest BCUT2D eigenvalue weighted by atomic mass is 9.71. The van der Waals surface area contributed by atoms with Crippen LogP contribution >= 0.6 is 11.6 Å². The molecule has 1 aliphatic rings. The third kappa shape index (κ3) is 5.43. The first-order chi connectivity index (χ1) is 16.7. The van der Waals surface area contributed by atoms with Gasteiger partial charge in [0.1, 0.15) is 5.82 Å². The number of hydrogen-bond acceptors (Lipinski definition) is 6. The fourth-order valence-corrected chi connectivity index (χ4v) is 4.87. The topological polar surface area (TPSA) is 107 Å². The Morgan fingerprint density at radius 2 is 2.17 bits per heavy atom. The predicted molar refractivity (Wildman–Crippen MR) is 128 cm³/mol. The van der Waals surface area contributed by atoms with E-state index in [9.17, 15) is 18.7 Å². The first-order valence-electron chi connectivity index (χ1n) is 11.4. The van der Waals surface area contributed by atoms with Crippen molar-refractivity contribution in [3.8, 4) is 0 Å². The molecule has 8 nitrogen and oxygen atoms in total. The molecular formula is C24H27ClF2N6O2. The first-order valence-corrected chi connectivity index (χ1v) is 11.8. The van der Waals surface area contributed by atoms with E-state index in [1.807, 2.05) is 13.8 Å². The molecule has 11 heteroatoms. The zero-order valence-electron chi connectivity index (χ0n) is 19.5. The number of likely N-dealkylation sites (tertiary alicyclic amines) is 1. The number of carbonyl (C=O) groups is 1. The second-order valence-electron chi connectivity index (χ2n) is 9.02. The number of nitrogens with one attached hydrogen (secondary N) is 2. The van der Waals surface area contributed by atoms with Gasteiger partial charge in [-0.15, -0.1) is 0 Å². The molecule has 3 heterocycles. The minimum Gasteiger partial charge on any atom is -0.481 e. The Balaban J connectivity index is 1.54. The summed E-state index contributed by atoms with van der Waals surface area (Å²) in [6, 6.07) is 6.49. The summed E-state index contributed by atoms with van der Waals surface area (Å²) in [6.45, 7) is 4.53. The highest BCUT2D eigenvalue weighted by molar-refractivity contribution is 6.30. The van der Waals surface area contributed by atoms with Gasteiger partial charge in [0.05, 0.1) is 22.3 Å². The van der Waals surface area contributed by atoms with Crippen LogP contribution < -0.4 is 5.32 Å². The van der Waals surface area contributed by atoms with Gasteiger partial charge < -0.3 is 10.4 Å². The maximum absolute atomic E-state index is 14.6. The zero-order chi connectivity index (χ0) is 25.2. The normalized spacial score (nSPS) is 20.7. The number of anilines is 2. The number of H-pyrrole nitrogens is 1. The second-order valence-corrected chi connectivity index (χ2v) is 9.42. The van der Waals surface area contributed by atoms with Gasteiger partial charge in [0.25, 0.3) is 0 Å². The largest absolute Gasteiger partial charge is 0.481 e. The van der Waals surface area contributed by atoms with Crippen LogP contribution in [0.3, 0.4) is 0 Å². The highest BCUT2D eigenvalue weighted by Crippen LogP contribution is 2.40. The Morgan fingerprint density at radius 3 is 2.86 bits per heavy atom. The molecule has 1 saturated heterocycles. The van der Waals surface area contributed by atoms with Crippen LogP contribution in [0.25, 0.3) is 0 Å². The van der Waals surface area contributed by atoms with E-state index in [4.69, 9.17) is 11.6 Å². The van der Waals surface area contributed by atoms with Crippen LogP contribution in [-0.4, -0.2) is 48.7 Å². The highest BCUT2D eigenvalue weighted by atomic mass is 35.5. The molecule has 2 atom stereocenters. The molecule has 4 rings (SSSR count). The summed E-state index contributed by atoms with van der Waals surface area (Å²) in [5.41, 5.74) is 0.0563. The summed E-state index contributed by atoms with van der Waals surface area (Å²) in [4.78, 5) is 22.7. The summed E-state index contributed by atoms with van der Waals surface area (Å²) in [5.74, 6) is -1.50. The van der Waals surface area contributed by atoms with Crippen molar-refractivity contribution in [3.63, 3.8) is 0 Å². The van der Waals surface area contributed by atoms with Gasteiger partial charge in [-0.3, -0.25) is 14.8 Å². The van der Waals surface area contributed by atoms with Crippen molar-refractivity contribution < 1.29 is 18.7 Å². The van der Waals surface area contributed by atoms with E-state index >= 15 is 0 Å². The van der Waals surface area contributed by atoms with Crippen LogP contribution in [0.2, 0.25) is 5.02 Å². The second kappa shape index (κ2) is 10.2. The quantitative estimate of drug-likeness (QED) is 0.401. The molecule has 3 aromatic rings. The Morgan fingerprint density at radius 1 is 1.37 bits per heavy atom. The Hall–Kier alpha value is -3.11. The summed E-state index contributed by atoms with van der Waals surface area (Å²) in [6.07, 6.45) is 2.33. The number of aromatic nitrogens is 4. The Kier molecular flexibility index (Phi) is 7.32. The van der Waals surface area contributed by atoms with Gasteiger partial charge in [-0.05, 0) is 38.8 Å². The van der Waals surface area contributed by atoms with Crippen molar-refractivity contribution in [2.24, 2.45) is 5.41 Å². The summed E-state index contributed by atoms with van der Waals surface area (Å²) in [5, 5.41) is 20.1. The molecule has 0 saturated carbocycles. The van der Waals surface area contributed by atoms with Crippen LogP contribution in [0.1, 0.15) is 43.1 Å². The monoisotopic (exact) mass is 504 g/mol. The van der Waals surface area contributed by atoms with E-state index in [1.165, 1.54) is 12.3 Å². The van der Waals surface area contributed by atoms with E-state index in [-0.39, 0.29) is 41.8 Å². The minimum absolute atomic E-state index is 0.0196. The molecule has 1 aliphatic heterocycles. The lowest BCUT2D eigenvalue weighted by Crippen LogP contribution is -2.50. The van der Waals surface area contributed by atoms with Gasteiger partial charge >= 0.3 is 5.97 Å². The van der Waals surface area contributed by atoms with Crippen molar-refractivity contribution in [3.05, 3.63) is 64.2 Å². The lowest BCUT2D eigenvalue weighted by Gasteiger charge is -2.44. The number of rotatable bonds is 8. The summed E-state index contributed by atoms with van der Waals surface area (Å²) in [7, 11) is 0. The average Bonchev–Trinajstić information content (AvgIpc) is 3.24. The highest BCUT2D eigenvalue weighted by Gasteiger charge is 2.46. The third-order valence-corrected chi connectivity index (χ3v) is 6.90. The molecule has 2 aromatic heterocycles. The Bertz CT molecular complexity index is 1220. The van der Waals surface area contributed by atoms with Gasteiger partial charge in [-0.1, -0.05) is 30.7 Å². The molecule has 0 aliphatic carbocycles. The molecule has 0 radical (unpaired) electrons. The van der Waals surface area contributed by atoms with E-state index in [1.54, 1.807) is 18.2 Å². The average molecular weight is 505 g/mol. The number of hydrogen-bond donors (Lipinski definition) is 3. The number of carboxylic acid groups (broad SMARTS) is 1. The summed E-state index contributed by atoms with van der Waals surface area (Å²) >= 11 is 5.93. The van der Waals surface area contributed by atoms with Crippen molar-refractivity contribution in [1.82, 2.24) is 25.1 Å². The molecule has 0 amide bonds. The third-order valence-electron chi connectivity index (χ3n) is 6.61. The van der Waals surface area contributed by atoms with Gasteiger partial charge in [0.15, 0.2) is 11.6 Å². The Labute approximate surface area is 206 Å². The number of piperidine rings is 1. The molecule has 1 fully saturated rings. The van der Waals surface area contributed by atoms with E-state index in [0.717, 1.165) is 5.69 Å². The van der Waals surface area contributed by atoms with Crippen molar-refractivity contribution >= 4 is 29.2 Å². The molecule has 0 spiro atoms. The predicted octanol–water partition coefficient (Wildman–Crippen LogP) is 4.87. The molecule has 35 heavy (non-hydrogen) atoms. The number of aryl methyl sites for hydroxylation is 1. The van der Waals surface area contributed by atoms with Crippen LogP contribution in [-0.2, 0) is 17.8 Å².